The number of ether oxygens (including phenoxy) is 1. The topological polar surface area (TPSA) is 46.6 Å². The van der Waals surface area contributed by atoms with Crippen LogP contribution in [0.25, 0.3) is 0 Å². The summed E-state index contributed by atoms with van der Waals surface area (Å²) in [6.07, 6.45) is 1.98. The van der Waals surface area contributed by atoms with Crippen molar-refractivity contribution < 1.29 is 14.3 Å². The molecule has 2 unspecified atom stereocenters. The molecular weight excluding hydrogens is 290 g/mol. The maximum absolute atomic E-state index is 12.8. The second kappa shape index (κ2) is 7.62. The van der Waals surface area contributed by atoms with E-state index in [1.807, 2.05) is 32.0 Å². The molecule has 0 aliphatic carbocycles. The standard InChI is InChI=1S/C19H27NO3/c1-5-23-19(22)17-11-13(2)9-10-20(17)18(21)12-16-14(3)7-6-8-15(16)4/h6-8,13,17H,5,9-12H2,1-4H3. The van der Waals surface area contributed by atoms with Gasteiger partial charge in [0.25, 0.3) is 0 Å². The van der Waals surface area contributed by atoms with Crippen LogP contribution in [0.3, 0.4) is 0 Å². The molecule has 1 aromatic rings. The summed E-state index contributed by atoms with van der Waals surface area (Å²) < 4.78 is 5.17. The Hall–Kier alpha value is -1.84. The first kappa shape index (κ1) is 17.5. The van der Waals surface area contributed by atoms with Crippen LogP contribution in [0.1, 0.15) is 43.4 Å². The molecule has 2 rings (SSSR count). The number of amides is 1. The zero-order chi connectivity index (χ0) is 17.0. The van der Waals surface area contributed by atoms with E-state index in [2.05, 4.69) is 6.92 Å². The monoisotopic (exact) mass is 317 g/mol. The van der Waals surface area contributed by atoms with Crippen LogP contribution in [-0.2, 0) is 20.7 Å². The number of piperidine rings is 1. The van der Waals surface area contributed by atoms with Crippen molar-refractivity contribution in [3.63, 3.8) is 0 Å². The average molecular weight is 317 g/mol. The van der Waals surface area contributed by atoms with Crippen LogP contribution >= 0.6 is 0 Å². The average Bonchev–Trinajstić information content (AvgIpc) is 2.51. The summed E-state index contributed by atoms with van der Waals surface area (Å²) in [5.41, 5.74) is 3.31. The molecule has 1 aliphatic heterocycles. The highest BCUT2D eigenvalue weighted by Crippen LogP contribution is 2.25. The number of hydrogen-bond acceptors (Lipinski definition) is 3. The Morgan fingerprint density at radius 1 is 1.26 bits per heavy atom. The van der Waals surface area contributed by atoms with Gasteiger partial charge in [0.2, 0.25) is 5.91 Å². The number of benzene rings is 1. The molecule has 4 heteroatoms. The van der Waals surface area contributed by atoms with E-state index in [4.69, 9.17) is 4.74 Å². The number of nitrogens with zero attached hydrogens (tertiary/aromatic N) is 1. The van der Waals surface area contributed by atoms with Crippen molar-refractivity contribution in [2.45, 2.75) is 53.0 Å². The molecule has 1 heterocycles. The molecule has 1 amide bonds. The molecule has 2 atom stereocenters. The number of esters is 1. The minimum absolute atomic E-state index is 0.0207. The predicted octanol–water partition coefficient (Wildman–Crippen LogP) is 3.04. The van der Waals surface area contributed by atoms with Crippen LogP contribution in [0, 0.1) is 19.8 Å². The van der Waals surface area contributed by atoms with Gasteiger partial charge in [-0.1, -0.05) is 25.1 Å². The van der Waals surface area contributed by atoms with E-state index in [9.17, 15) is 9.59 Å². The van der Waals surface area contributed by atoms with Crippen molar-refractivity contribution in [3.05, 3.63) is 34.9 Å². The van der Waals surface area contributed by atoms with Gasteiger partial charge < -0.3 is 9.64 Å². The summed E-state index contributed by atoms with van der Waals surface area (Å²) in [6, 6.07) is 5.62. The van der Waals surface area contributed by atoms with Gasteiger partial charge in [-0.05, 0) is 56.2 Å². The number of carbonyl (C=O) groups excluding carboxylic acids is 2. The van der Waals surface area contributed by atoms with E-state index in [-0.39, 0.29) is 11.9 Å². The Balaban J connectivity index is 2.17. The molecule has 0 spiro atoms. The highest BCUT2D eigenvalue weighted by atomic mass is 16.5. The van der Waals surface area contributed by atoms with Crippen LogP contribution in [0.4, 0.5) is 0 Å². The largest absolute Gasteiger partial charge is 0.464 e. The van der Waals surface area contributed by atoms with Gasteiger partial charge in [0.05, 0.1) is 13.0 Å². The Morgan fingerprint density at radius 3 is 2.52 bits per heavy atom. The summed E-state index contributed by atoms with van der Waals surface area (Å²) in [5.74, 6) is 0.190. The second-order valence-electron chi connectivity index (χ2n) is 6.53. The SMILES string of the molecule is CCOC(=O)C1CC(C)CCN1C(=O)Cc1c(C)cccc1C. The fraction of sp³-hybridized carbons (Fsp3) is 0.579. The third kappa shape index (κ3) is 4.12. The van der Waals surface area contributed by atoms with Crippen molar-refractivity contribution in [2.24, 2.45) is 5.92 Å². The Labute approximate surface area is 138 Å². The van der Waals surface area contributed by atoms with Gasteiger partial charge in [-0.2, -0.15) is 0 Å². The van der Waals surface area contributed by atoms with E-state index in [0.717, 1.165) is 23.1 Å². The third-order valence-corrected chi connectivity index (χ3v) is 4.72. The number of hydrogen-bond donors (Lipinski definition) is 0. The summed E-state index contributed by atoms with van der Waals surface area (Å²) in [5, 5.41) is 0. The van der Waals surface area contributed by atoms with E-state index in [0.29, 0.717) is 31.9 Å². The van der Waals surface area contributed by atoms with Crippen molar-refractivity contribution in [3.8, 4) is 0 Å². The Morgan fingerprint density at radius 2 is 1.91 bits per heavy atom. The van der Waals surface area contributed by atoms with Gasteiger partial charge in [-0.3, -0.25) is 4.79 Å². The lowest BCUT2D eigenvalue weighted by Gasteiger charge is -2.37. The van der Waals surface area contributed by atoms with Crippen molar-refractivity contribution in [2.75, 3.05) is 13.2 Å². The number of carbonyl (C=O) groups is 2. The van der Waals surface area contributed by atoms with Gasteiger partial charge in [-0.15, -0.1) is 0 Å². The first-order chi connectivity index (χ1) is 10.9. The maximum atomic E-state index is 12.8. The minimum Gasteiger partial charge on any atom is -0.464 e. The Kier molecular flexibility index (Phi) is 5.80. The van der Waals surface area contributed by atoms with E-state index in [1.165, 1.54) is 0 Å². The molecular formula is C19H27NO3. The molecule has 0 radical (unpaired) electrons. The fourth-order valence-corrected chi connectivity index (χ4v) is 3.28. The lowest BCUT2D eigenvalue weighted by atomic mass is 9.91. The molecule has 1 aliphatic rings. The smallest absolute Gasteiger partial charge is 0.328 e. The third-order valence-electron chi connectivity index (χ3n) is 4.72. The van der Waals surface area contributed by atoms with Crippen LogP contribution in [0.5, 0.6) is 0 Å². The zero-order valence-corrected chi connectivity index (χ0v) is 14.6. The Bertz CT molecular complexity index is 562. The number of rotatable bonds is 4. The number of likely N-dealkylation sites (tertiary alicyclic amines) is 1. The van der Waals surface area contributed by atoms with Gasteiger partial charge in [0.15, 0.2) is 0 Å². The van der Waals surface area contributed by atoms with Crippen molar-refractivity contribution in [1.29, 1.82) is 0 Å². The molecule has 1 aromatic carbocycles. The fourth-order valence-electron chi connectivity index (χ4n) is 3.28. The highest BCUT2D eigenvalue weighted by molar-refractivity contribution is 5.86. The van der Waals surface area contributed by atoms with Crippen molar-refractivity contribution in [1.82, 2.24) is 4.90 Å². The lowest BCUT2D eigenvalue weighted by molar-refractivity contribution is -0.157. The highest BCUT2D eigenvalue weighted by Gasteiger charge is 2.35. The van der Waals surface area contributed by atoms with Crippen molar-refractivity contribution >= 4 is 11.9 Å². The molecule has 0 N–H and O–H groups in total. The van der Waals surface area contributed by atoms with E-state index < -0.39 is 6.04 Å². The summed E-state index contributed by atoms with van der Waals surface area (Å²) in [6.45, 7) is 8.96. The van der Waals surface area contributed by atoms with Gasteiger partial charge in [0, 0.05) is 6.54 Å². The lowest BCUT2D eigenvalue weighted by Crippen LogP contribution is -2.51. The molecule has 23 heavy (non-hydrogen) atoms. The zero-order valence-electron chi connectivity index (χ0n) is 14.6. The summed E-state index contributed by atoms with van der Waals surface area (Å²) >= 11 is 0. The summed E-state index contributed by atoms with van der Waals surface area (Å²) in [7, 11) is 0. The number of aryl methyl sites for hydroxylation is 2. The van der Waals surface area contributed by atoms with E-state index in [1.54, 1.807) is 11.8 Å². The summed E-state index contributed by atoms with van der Waals surface area (Å²) in [4.78, 5) is 26.8. The predicted molar refractivity (Wildman–Crippen MR) is 90.2 cm³/mol. The van der Waals surface area contributed by atoms with Crippen LogP contribution in [0.15, 0.2) is 18.2 Å². The maximum Gasteiger partial charge on any atom is 0.328 e. The molecule has 0 bridgehead atoms. The molecule has 0 aromatic heterocycles. The molecule has 0 saturated carbocycles. The quantitative estimate of drug-likeness (QED) is 0.802. The normalized spacial score (nSPS) is 21.1. The van der Waals surface area contributed by atoms with Crippen LogP contribution in [0.2, 0.25) is 0 Å². The van der Waals surface area contributed by atoms with E-state index >= 15 is 0 Å². The first-order valence-electron chi connectivity index (χ1n) is 8.45. The van der Waals surface area contributed by atoms with Crippen LogP contribution < -0.4 is 0 Å². The van der Waals surface area contributed by atoms with Gasteiger partial charge >= 0.3 is 5.97 Å². The molecule has 126 valence electrons. The van der Waals surface area contributed by atoms with Gasteiger partial charge in [0.1, 0.15) is 6.04 Å². The molecule has 1 fully saturated rings. The van der Waals surface area contributed by atoms with Gasteiger partial charge in [-0.25, -0.2) is 4.79 Å². The van der Waals surface area contributed by atoms with Crippen LogP contribution in [-0.4, -0.2) is 36.0 Å². The molecule has 4 nitrogen and oxygen atoms in total. The second-order valence-corrected chi connectivity index (χ2v) is 6.53. The molecule has 1 saturated heterocycles. The minimum atomic E-state index is -0.435. The first-order valence-corrected chi connectivity index (χ1v) is 8.45.